The second-order valence-corrected chi connectivity index (χ2v) is 3.99. The zero-order valence-corrected chi connectivity index (χ0v) is 10.1. The highest BCUT2D eigenvalue weighted by Gasteiger charge is 1.97. The van der Waals surface area contributed by atoms with Gasteiger partial charge in [-0.05, 0) is 36.8 Å². The first-order valence-corrected chi connectivity index (χ1v) is 5.60. The highest BCUT2D eigenvalue weighted by atomic mass is 35.5. The van der Waals surface area contributed by atoms with E-state index < -0.39 is 0 Å². The summed E-state index contributed by atoms with van der Waals surface area (Å²) in [5.74, 6) is 0. The first kappa shape index (κ1) is 11.6. The van der Waals surface area contributed by atoms with Gasteiger partial charge in [0.15, 0.2) is 0 Å². The Morgan fingerprint density at radius 1 is 1.12 bits per heavy atom. The fraction of sp³-hybridized carbons (Fsp3) is 0.0769. The Labute approximate surface area is 105 Å². The van der Waals surface area contributed by atoms with E-state index >= 15 is 0 Å². The van der Waals surface area contributed by atoms with Crippen molar-refractivity contribution in [2.75, 3.05) is 5.43 Å². The summed E-state index contributed by atoms with van der Waals surface area (Å²) < 4.78 is 0. The number of pyridine rings is 1. The molecule has 2 rings (SSSR count). The molecular weight excluding hydrogens is 234 g/mol. The van der Waals surface area contributed by atoms with E-state index in [9.17, 15) is 0 Å². The Morgan fingerprint density at radius 3 is 2.41 bits per heavy atom. The van der Waals surface area contributed by atoms with Gasteiger partial charge in [-0.3, -0.25) is 10.4 Å². The monoisotopic (exact) mass is 245 g/mol. The minimum absolute atomic E-state index is 0.726. The molecule has 17 heavy (non-hydrogen) atoms. The number of rotatable bonds is 3. The molecule has 0 saturated heterocycles. The second-order valence-electron chi connectivity index (χ2n) is 3.55. The number of hydrazone groups is 1. The number of benzene rings is 1. The lowest BCUT2D eigenvalue weighted by Crippen LogP contribution is -1.99. The Bertz CT molecular complexity index is 506. The van der Waals surface area contributed by atoms with Gasteiger partial charge in [-0.25, -0.2) is 0 Å². The summed E-state index contributed by atoms with van der Waals surface area (Å²) in [7, 11) is 0. The molecule has 0 unspecified atom stereocenters. The van der Waals surface area contributed by atoms with Gasteiger partial charge in [-0.1, -0.05) is 23.7 Å². The number of nitrogens with zero attached hydrogens (tertiary/aromatic N) is 2. The van der Waals surface area contributed by atoms with Gasteiger partial charge in [0, 0.05) is 17.4 Å². The maximum absolute atomic E-state index is 5.83. The van der Waals surface area contributed by atoms with Gasteiger partial charge >= 0.3 is 0 Å². The van der Waals surface area contributed by atoms with Gasteiger partial charge in [-0.15, -0.1) is 0 Å². The largest absolute Gasteiger partial charge is 0.278 e. The van der Waals surface area contributed by atoms with Gasteiger partial charge in [0.25, 0.3) is 0 Å². The predicted octanol–water partition coefficient (Wildman–Crippen LogP) is 3.57. The van der Waals surface area contributed by atoms with Crippen LogP contribution in [0.1, 0.15) is 12.5 Å². The van der Waals surface area contributed by atoms with Crippen molar-refractivity contribution >= 4 is 23.0 Å². The van der Waals surface area contributed by atoms with Crippen LogP contribution in [0, 0.1) is 0 Å². The van der Waals surface area contributed by atoms with Crippen molar-refractivity contribution in [2.24, 2.45) is 5.10 Å². The van der Waals surface area contributed by atoms with E-state index in [0.29, 0.717) is 0 Å². The molecule has 1 aromatic carbocycles. The van der Waals surface area contributed by atoms with E-state index in [-0.39, 0.29) is 0 Å². The number of hydrogen-bond acceptors (Lipinski definition) is 3. The number of aromatic nitrogens is 1. The van der Waals surface area contributed by atoms with Crippen LogP contribution in [-0.2, 0) is 0 Å². The van der Waals surface area contributed by atoms with Crippen LogP contribution in [0.4, 0.5) is 5.69 Å². The molecule has 0 fully saturated rings. The molecule has 0 spiro atoms. The molecule has 0 atom stereocenters. The molecule has 0 aliphatic carbocycles. The third kappa shape index (κ3) is 3.29. The Balaban J connectivity index is 2.10. The molecule has 0 amide bonds. The molecule has 1 N–H and O–H groups in total. The molecule has 0 saturated carbocycles. The molecule has 4 heteroatoms. The summed E-state index contributed by atoms with van der Waals surface area (Å²) >= 11 is 5.83. The van der Waals surface area contributed by atoms with Crippen LogP contribution >= 0.6 is 11.6 Å². The van der Waals surface area contributed by atoms with Gasteiger partial charge < -0.3 is 0 Å². The summed E-state index contributed by atoms with van der Waals surface area (Å²) in [4.78, 5) is 3.94. The van der Waals surface area contributed by atoms with Crippen molar-refractivity contribution in [3.05, 3.63) is 59.4 Å². The lowest BCUT2D eigenvalue weighted by molar-refractivity contribution is 1.27. The maximum Gasteiger partial charge on any atom is 0.0648 e. The minimum atomic E-state index is 0.726. The van der Waals surface area contributed by atoms with E-state index in [1.807, 2.05) is 43.3 Å². The van der Waals surface area contributed by atoms with Crippen LogP contribution in [0.5, 0.6) is 0 Å². The summed E-state index contributed by atoms with van der Waals surface area (Å²) in [6.45, 7) is 1.94. The van der Waals surface area contributed by atoms with Gasteiger partial charge in [0.2, 0.25) is 0 Å². The summed E-state index contributed by atoms with van der Waals surface area (Å²) in [5, 5.41) is 5.02. The van der Waals surface area contributed by atoms with Crippen molar-refractivity contribution in [1.29, 1.82) is 0 Å². The lowest BCUT2D eigenvalue weighted by Gasteiger charge is -2.03. The molecule has 2 aromatic rings. The van der Waals surface area contributed by atoms with Gasteiger partial charge in [0.1, 0.15) is 0 Å². The first-order valence-electron chi connectivity index (χ1n) is 5.22. The van der Waals surface area contributed by atoms with Crippen molar-refractivity contribution in [2.45, 2.75) is 6.92 Å². The number of halogens is 1. The molecule has 86 valence electrons. The van der Waals surface area contributed by atoms with Crippen LogP contribution in [0.15, 0.2) is 53.9 Å². The fourth-order valence-corrected chi connectivity index (χ4v) is 1.46. The molecule has 3 nitrogen and oxygen atoms in total. The van der Waals surface area contributed by atoms with Crippen molar-refractivity contribution in [1.82, 2.24) is 4.98 Å². The van der Waals surface area contributed by atoms with E-state index in [2.05, 4.69) is 15.5 Å². The highest BCUT2D eigenvalue weighted by Crippen LogP contribution is 2.11. The highest BCUT2D eigenvalue weighted by molar-refractivity contribution is 6.30. The van der Waals surface area contributed by atoms with Crippen LogP contribution in [0.25, 0.3) is 0 Å². The summed E-state index contributed by atoms with van der Waals surface area (Å²) in [5.41, 5.74) is 5.82. The molecule has 0 aliphatic heterocycles. The fourth-order valence-electron chi connectivity index (χ4n) is 1.33. The summed E-state index contributed by atoms with van der Waals surface area (Å²) in [6.07, 6.45) is 3.44. The molecule has 0 bridgehead atoms. The lowest BCUT2D eigenvalue weighted by atomic mass is 10.1. The topological polar surface area (TPSA) is 37.3 Å². The second kappa shape index (κ2) is 5.46. The number of hydrogen-bond donors (Lipinski definition) is 1. The minimum Gasteiger partial charge on any atom is -0.278 e. The third-order valence-corrected chi connectivity index (χ3v) is 2.55. The van der Waals surface area contributed by atoms with Crippen LogP contribution in [0.3, 0.4) is 0 Å². The van der Waals surface area contributed by atoms with Crippen LogP contribution < -0.4 is 5.43 Å². The summed E-state index contributed by atoms with van der Waals surface area (Å²) in [6, 6.07) is 11.3. The van der Waals surface area contributed by atoms with E-state index in [1.165, 1.54) is 0 Å². The number of nitrogens with one attached hydrogen (secondary N) is 1. The van der Waals surface area contributed by atoms with E-state index in [0.717, 1.165) is 22.0 Å². The molecular formula is C13H12ClN3. The zero-order valence-electron chi connectivity index (χ0n) is 9.39. The van der Waals surface area contributed by atoms with Crippen LogP contribution in [0.2, 0.25) is 5.02 Å². The normalized spacial score (nSPS) is 11.3. The zero-order chi connectivity index (χ0) is 12.1. The predicted molar refractivity (Wildman–Crippen MR) is 71.5 cm³/mol. The van der Waals surface area contributed by atoms with Crippen LogP contribution in [-0.4, -0.2) is 10.7 Å². The number of anilines is 1. The molecule has 0 radical (unpaired) electrons. The van der Waals surface area contributed by atoms with E-state index in [4.69, 9.17) is 11.6 Å². The Hall–Kier alpha value is -1.87. The smallest absolute Gasteiger partial charge is 0.0648 e. The van der Waals surface area contributed by atoms with Crippen molar-refractivity contribution in [3.8, 4) is 0 Å². The van der Waals surface area contributed by atoms with Gasteiger partial charge in [0.05, 0.1) is 11.4 Å². The standard InChI is InChI=1S/C13H12ClN3/c1-10(11-2-4-12(14)5-3-11)16-17-13-6-8-15-9-7-13/h2-9H,1H3,(H,15,17)/b16-10+. The van der Waals surface area contributed by atoms with Crippen molar-refractivity contribution in [3.63, 3.8) is 0 Å². The average Bonchev–Trinajstić information content (AvgIpc) is 2.38. The Kier molecular flexibility index (Phi) is 3.73. The molecule has 0 aliphatic rings. The molecule has 1 heterocycles. The van der Waals surface area contributed by atoms with Gasteiger partial charge in [-0.2, -0.15) is 5.10 Å². The average molecular weight is 246 g/mol. The van der Waals surface area contributed by atoms with E-state index in [1.54, 1.807) is 12.4 Å². The first-order chi connectivity index (χ1) is 8.25. The quantitative estimate of drug-likeness (QED) is 0.663. The maximum atomic E-state index is 5.83. The third-order valence-electron chi connectivity index (χ3n) is 2.30. The van der Waals surface area contributed by atoms with Crippen molar-refractivity contribution < 1.29 is 0 Å². The molecule has 1 aromatic heterocycles. The Morgan fingerprint density at radius 2 is 1.76 bits per heavy atom. The SMILES string of the molecule is C/C(=N\Nc1ccncc1)c1ccc(Cl)cc1.